The molecule has 0 aromatic heterocycles. The van der Waals surface area contributed by atoms with Crippen molar-refractivity contribution in [2.75, 3.05) is 26.2 Å². The number of carbonyl (C=O) groups is 1. The van der Waals surface area contributed by atoms with E-state index in [0.717, 1.165) is 25.9 Å². The normalized spacial score (nSPS) is 16.0. The lowest BCUT2D eigenvalue weighted by Crippen LogP contribution is -2.40. The van der Waals surface area contributed by atoms with Gasteiger partial charge in [0.15, 0.2) is 0 Å². The van der Waals surface area contributed by atoms with Gasteiger partial charge in [0.25, 0.3) is 0 Å². The highest BCUT2D eigenvalue weighted by atomic mass is 16.2. The van der Waals surface area contributed by atoms with E-state index in [2.05, 4.69) is 71.7 Å². The molecule has 1 amide bonds. The van der Waals surface area contributed by atoms with Crippen molar-refractivity contribution >= 4 is 11.5 Å². The molecule has 0 saturated carbocycles. The molecule has 1 aliphatic rings. The zero-order chi connectivity index (χ0) is 18.2. The maximum Gasteiger partial charge on any atom is 0.234 e. The van der Waals surface area contributed by atoms with Crippen LogP contribution >= 0.6 is 0 Å². The Bertz CT molecular complexity index is 724. The Balaban J connectivity index is 1.46. The molecule has 0 aliphatic carbocycles. The van der Waals surface area contributed by atoms with Crippen molar-refractivity contribution in [3.63, 3.8) is 0 Å². The Morgan fingerprint density at radius 1 is 1.08 bits per heavy atom. The summed E-state index contributed by atoms with van der Waals surface area (Å²) in [4.78, 5) is 14.6. The molecule has 136 valence electrons. The quantitative estimate of drug-likeness (QED) is 0.817. The van der Waals surface area contributed by atoms with E-state index in [9.17, 15) is 4.79 Å². The van der Waals surface area contributed by atoms with Crippen LogP contribution in [-0.4, -0.2) is 37.0 Å². The number of carbonyl (C=O) groups excluding carboxylic acids is 1. The fourth-order valence-corrected chi connectivity index (χ4v) is 3.49. The molecule has 3 rings (SSSR count). The van der Waals surface area contributed by atoms with Crippen molar-refractivity contribution < 1.29 is 4.79 Å². The van der Waals surface area contributed by atoms with Gasteiger partial charge in [-0.1, -0.05) is 73.7 Å². The summed E-state index contributed by atoms with van der Waals surface area (Å²) in [5, 5.41) is 3.12. The molecular formula is C23H28N2O. The molecule has 1 heterocycles. The SMILES string of the molecule is CC[C@H](CNC(=O)CN1CC=C(c2ccccc2)CC1)c1ccccc1. The first-order valence-electron chi connectivity index (χ1n) is 9.54. The highest BCUT2D eigenvalue weighted by Crippen LogP contribution is 2.22. The molecule has 26 heavy (non-hydrogen) atoms. The van der Waals surface area contributed by atoms with Gasteiger partial charge in [-0.15, -0.1) is 0 Å². The van der Waals surface area contributed by atoms with Crippen molar-refractivity contribution in [2.24, 2.45) is 0 Å². The van der Waals surface area contributed by atoms with Gasteiger partial charge in [0.05, 0.1) is 6.54 Å². The smallest absolute Gasteiger partial charge is 0.234 e. The monoisotopic (exact) mass is 348 g/mol. The van der Waals surface area contributed by atoms with Gasteiger partial charge in [-0.2, -0.15) is 0 Å². The first kappa shape index (κ1) is 18.4. The Hall–Kier alpha value is -2.39. The third kappa shape index (κ3) is 5.06. The molecule has 0 radical (unpaired) electrons. The van der Waals surface area contributed by atoms with E-state index in [1.807, 2.05) is 12.1 Å². The van der Waals surface area contributed by atoms with Crippen LogP contribution in [0.25, 0.3) is 5.57 Å². The van der Waals surface area contributed by atoms with Crippen LogP contribution in [-0.2, 0) is 4.79 Å². The number of hydrogen-bond acceptors (Lipinski definition) is 2. The van der Waals surface area contributed by atoms with Gasteiger partial charge >= 0.3 is 0 Å². The Morgan fingerprint density at radius 3 is 2.38 bits per heavy atom. The Kier molecular flexibility index (Phi) is 6.62. The third-order valence-electron chi connectivity index (χ3n) is 5.11. The first-order chi connectivity index (χ1) is 12.8. The van der Waals surface area contributed by atoms with E-state index in [0.29, 0.717) is 19.0 Å². The maximum atomic E-state index is 12.3. The van der Waals surface area contributed by atoms with Crippen LogP contribution in [0.1, 0.15) is 36.8 Å². The summed E-state index contributed by atoms with van der Waals surface area (Å²) in [7, 11) is 0. The second kappa shape index (κ2) is 9.35. The van der Waals surface area contributed by atoms with E-state index in [4.69, 9.17) is 0 Å². The molecule has 2 aromatic rings. The molecule has 0 bridgehead atoms. The molecule has 1 N–H and O–H groups in total. The van der Waals surface area contributed by atoms with Gasteiger partial charge in [0.2, 0.25) is 5.91 Å². The zero-order valence-electron chi connectivity index (χ0n) is 15.5. The van der Waals surface area contributed by atoms with Crippen LogP contribution in [0.2, 0.25) is 0 Å². The second-order valence-electron chi connectivity index (χ2n) is 6.90. The van der Waals surface area contributed by atoms with Crippen LogP contribution in [0.4, 0.5) is 0 Å². The summed E-state index contributed by atoms with van der Waals surface area (Å²) < 4.78 is 0. The number of nitrogens with zero attached hydrogens (tertiary/aromatic N) is 1. The van der Waals surface area contributed by atoms with Gasteiger partial charge in [0, 0.05) is 25.6 Å². The number of nitrogens with one attached hydrogen (secondary N) is 1. The third-order valence-corrected chi connectivity index (χ3v) is 5.11. The zero-order valence-corrected chi connectivity index (χ0v) is 15.5. The predicted molar refractivity (Wildman–Crippen MR) is 108 cm³/mol. The van der Waals surface area contributed by atoms with Crippen LogP contribution in [0.5, 0.6) is 0 Å². The van der Waals surface area contributed by atoms with E-state index < -0.39 is 0 Å². The summed E-state index contributed by atoms with van der Waals surface area (Å²) in [6.45, 7) is 5.13. The molecule has 0 fully saturated rings. The van der Waals surface area contributed by atoms with E-state index in [1.165, 1.54) is 16.7 Å². The van der Waals surface area contributed by atoms with Crippen LogP contribution in [0.3, 0.4) is 0 Å². The maximum absolute atomic E-state index is 12.3. The molecule has 0 spiro atoms. The lowest BCUT2D eigenvalue weighted by atomic mass is 9.96. The number of amides is 1. The van der Waals surface area contributed by atoms with Crippen molar-refractivity contribution in [1.29, 1.82) is 0 Å². The molecule has 1 aliphatic heterocycles. The molecule has 0 saturated heterocycles. The second-order valence-corrected chi connectivity index (χ2v) is 6.90. The predicted octanol–water partition coefficient (Wildman–Crippen LogP) is 4.09. The minimum atomic E-state index is 0.121. The average molecular weight is 348 g/mol. The van der Waals surface area contributed by atoms with Crippen LogP contribution < -0.4 is 5.32 Å². The molecule has 3 nitrogen and oxygen atoms in total. The van der Waals surface area contributed by atoms with Gasteiger partial charge < -0.3 is 5.32 Å². The van der Waals surface area contributed by atoms with Crippen molar-refractivity contribution in [2.45, 2.75) is 25.7 Å². The lowest BCUT2D eigenvalue weighted by Gasteiger charge is -2.26. The van der Waals surface area contributed by atoms with Gasteiger partial charge in [-0.25, -0.2) is 0 Å². The first-order valence-corrected chi connectivity index (χ1v) is 9.54. The van der Waals surface area contributed by atoms with Crippen molar-refractivity contribution in [3.8, 4) is 0 Å². The minimum Gasteiger partial charge on any atom is -0.354 e. The number of benzene rings is 2. The Morgan fingerprint density at radius 2 is 1.77 bits per heavy atom. The number of rotatable bonds is 7. The fourth-order valence-electron chi connectivity index (χ4n) is 3.49. The average Bonchev–Trinajstić information content (AvgIpc) is 2.70. The highest BCUT2D eigenvalue weighted by molar-refractivity contribution is 5.78. The minimum absolute atomic E-state index is 0.121. The van der Waals surface area contributed by atoms with Crippen molar-refractivity contribution in [3.05, 3.63) is 77.9 Å². The van der Waals surface area contributed by atoms with Gasteiger partial charge in [-0.05, 0) is 29.5 Å². The summed E-state index contributed by atoms with van der Waals surface area (Å²) in [5.74, 6) is 0.502. The van der Waals surface area contributed by atoms with Gasteiger partial charge in [0.1, 0.15) is 0 Å². The Labute approximate surface area is 156 Å². The van der Waals surface area contributed by atoms with Gasteiger partial charge in [-0.3, -0.25) is 9.69 Å². The summed E-state index contributed by atoms with van der Waals surface area (Å²) in [5.41, 5.74) is 3.98. The summed E-state index contributed by atoms with van der Waals surface area (Å²) in [6, 6.07) is 20.9. The highest BCUT2D eigenvalue weighted by Gasteiger charge is 2.16. The summed E-state index contributed by atoms with van der Waals surface area (Å²) in [6.07, 6.45) is 4.28. The van der Waals surface area contributed by atoms with E-state index in [-0.39, 0.29) is 5.91 Å². The van der Waals surface area contributed by atoms with Crippen LogP contribution in [0.15, 0.2) is 66.7 Å². The topological polar surface area (TPSA) is 32.3 Å². The fraction of sp³-hybridized carbons (Fsp3) is 0.348. The molecule has 3 heteroatoms. The van der Waals surface area contributed by atoms with Crippen LogP contribution in [0, 0.1) is 0 Å². The largest absolute Gasteiger partial charge is 0.354 e. The van der Waals surface area contributed by atoms with E-state index >= 15 is 0 Å². The molecular weight excluding hydrogens is 320 g/mol. The molecule has 0 unspecified atom stereocenters. The molecule has 2 aromatic carbocycles. The summed E-state index contributed by atoms with van der Waals surface area (Å²) >= 11 is 0. The molecule has 1 atom stereocenters. The van der Waals surface area contributed by atoms with E-state index in [1.54, 1.807) is 0 Å². The lowest BCUT2D eigenvalue weighted by molar-refractivity contribution is -0.122. The van der Waals surface area contributed by atoms with Crippen molar-refractivity contribution in [1.82, 2.24) is 10.2 Å². The standard InChI is InChI=1S/C23H28N2O/c1-2-19(20-9-5-3-6-10-20)17-24-23(26)18-25-15-13-22(14-16-25)21-11-7-4-8-12-21/h3-13,19H,2,14-18H2,1H3,(H,24,26)/t19-/m1/s1. The number of hydrogen-bond donors (Lipinski definition) is 1.